The molecule has 1 aliphatic carbocycles. The number of carbonyl (C=O) groups excluding carboxylic acids is 1. The molecule has 0 unspecified atom stereocenters. The molecule has 4 heterocycles. The van der Waals surface area contributed by atoms with Crippen LogP contribution in [0.25, 0.3) is 16.2 Å². The number of aromatic amines is 1. The average molecular weight is 398 g/mol. The summed E-state index contributed by atoms with van der Waals surface area (Å²) in [6.07, 6.45) is 7.87. The molecule has 1 N–H and O–H groups in total. The second kappa shape index (κ2) is 6.84. The fourth-order valence-corrected chi connectivity index (χ4v) is 5.48. The van der Waals surface area contributed by atoms with Crippen LogP contribution < -0.4 is 5.56 Å². The molecular weight excluding hydrogens is 374 g/mol. The maximum atomic E-state index is 13.2. The zero-order valence-corrected chi connectivity index (χ0v) is 16.7. The van der Waals surface area contributed by atoms with Gasteiger partial charge in [-0.05, 0) is 43.0 Å². The van der Waals surface area contributed by atoms with Crippen molar-refractivity contribution in [1.82, 2.24) is 24.6 Å². The Labute approximate surface area is 166 Å². The van der Waals surface area contributed by atoms with Crippen LogP contribution >= 0.6 is 11.3 Å². The summed E-state index contributed by atoms with van der Waals surface area (Å²) in [4.78, 5) is 34.7. The highest BCUT2D eigenvalue weighted by Gasteiger charge is 2.34. The van der Waals surface area contributed by atoms with E-state index in [1.165, 1.54) is 37.0 Å². The van der Waals surface area contributed by atoms with Gasteiger partial charge in [-0.2, -0.15) is 5.10 Å². The number of hydrogen-bond donors (Lipinski definition) is 1. The Morgan fingerprint density at radius 2 is 2.07 bits per heavy atom. The number of nitrogens with one attached hydrogen (secondary N) is 1. The van der Waals surface area contributed by atoms with Gasteiger partial charge >= 0.3 is 0 Å². The highest BCUT2D eigenvalue weighted by atomic mass is 32.1. The summed E-state index contributed by atoms with van der Waals surface area (Å²) in [7, 11) is 0. The molecular formula is C20H23N5O2S. The second-order valence-electron chi connectivity index (χ2n) is 7.92. The third-order valence-electron chi connectivity index (χ3n) is 6.32. The van der Waals surface area contributed by atoms with E-state index in [1.54, 1.807) is 10.9 Å². The molecule has 2 atom stereocenters. The summed E-state index contributed by atoms with van der Waals surface area (Å²) in [6, 6.07) is 1.82. The Balaban J connectivity index is 1.43. The van der Waals surface area contributed by atoms with Crippen LogP contribution in [0.2, 0.25) is 0 Å². The Kier molecular flexibility index (Phi) is 4.30. The van der Waals surface area contributed by atoms with Gasteiger partial charge in [0.05, 0.1) is 23.0 Å². The summed E-state index contributed by atoms with van der Waals surface area (Å²) in [5, 5.41) is 6.20. The normalized spacial score (nSPS) is 22.4. The van der Waals surface area contributed by atoms with Crippen molar-refractivity contribution in [2.75, 3.05) is 13.1 Å². The van der Waals surface area contributed by atoms with E-state index in [9.17, 15) is 9.59 Å². The smallest absolute Gasteiger partial charge is 0.270 e. The molecule has 28 heavy (non-hydrogen) atoms. The first-order valence-corrected chi connectivity index (χ1v) is 10.8. The molecule has 1 saturated carbocycles. The van der Waals surface area contributed by atoms with Gasteiger partial charge in [-0.1, -0.05) is 19.3 Å². The molecule has 146 valence electrons. The second-order valence-corrected chi connectivity index (χ2v) is 8.84. The lowest BCUT2D eigenvalue weighted by Gasteiger charge is -2.41. The van der Waals surface area contributed by atoms with Gasteiger partial charge in [0, 0.05) is 13.1 Å². The highest BCUT2D eigenvalue weighted by Crippen LogP contribution is 2.36. The molecule has 0 radical (unpaired) electrons. The van der Waals surface area contributed by atoms with E-state index in [1.807, 2.05) is 23.3 Å². The zero-order chi connectivity index (χ0) is 19.3. The van der Waals surface area contributed by atoms with Crippen LogP contribution in [0.1, 0.15) is 48.2 Å². The third kappa shape index (κ3) is 2.87. The molecule has 2 fully saturated rings. The van der Waals surface area contributed by atoms with Crippen LogP contribution in [0.4, 0.5) is 0 Å². The zero-order valence-electron chi connectivity index (χ0n) is 15.9. The lowest BCUT2D eigenvalue weighted by molar-refractivity contribution is 0.0520. The van der Waals surface area contributed by atoms with Gasteiger partial charge in [-0.3, -0.25) is 14.6 Å². The highest BCUT2D eigenvalue weighted by molar-refractivity contribution is 7.17. The van der Waals surface area contributed by atoms with E-state index in [0.717, 1.165) is 25.4 Å². The summed E-state index contributed by atoms with van der Waals surface area (Å²) in [5.74, 6) is 1.80. The molecule has 1 amide bonds. The lowest BCUT2D eigenvalue weighted by Crippen LogP contribution is -2.44. The number of H-pyrrole nitrogens is 1. The molecule has 2 aliphatic rings. The van der Waals surface area contributed by atoms with Gasteiger partial charge in [-0.25, -0.2) is 9.67 Å². The van der Waals surface area contributed by atoms with Crippen molar-refractivity contribution >= 4 is 27.5 Å². The van der Waals surface area contributed by atoms with Crippen molar-refractivity contribution in [3.63, 3.8) is 0 Å². The van der Waals surface area contributed by atoms with E-state index in [-0.39, 0.29) is 11.5 Å². The maximum absolute atomic E-state index is 13.2. The van der Waals surface area contributed by atoms with Gasteiger partial charge in [0.2, 0.25) is 5.95 Å². The molecule has 1 saturated heterocycles. The monoisotopic (exact) mass is 397 g/mol. The summed E-state index contributed by atoms with van der Waals surface area (Å²) < 4.78 is 2.15. The van der Waals surface area contributed by atoms with E-state index in [0.29, 0.717) is 33.3 Å². The van der Waals surface area contributed by atoms with E-state index >= 15 is 0 Å². The number of thiophene rings is 1. The number of nitrogens with zero attached hydrogens (tertiary/aromatic N) is 4. The predicted molar refractivity (Wildman–Crippen MR) is 108 cm³/mol. The van der Waals surface area contributed by atoms with Crippen LogP contribution in [0.5, 0.6) is 0 Å². The first kappa shape index (κ1) is 17.6. The number of fused-ring (bicyclic) bond motifs is 2. The molecule has 1 aliphatic heterocycles. The quantitative estimate of drug-likeness (QED) is 0.720. The molecule has 5 rings (SSSR count). The van der Waals surface area contributed by atoms with Crippen LogP contribution in [0.3, 0.4) is 0 Å². The van der Waals surface area contributed by atoms with E-state index in [2.05, 4.69) is 15.1 Å². The molecule has 7 nitrogen and oxygen atoms in total. The number of likely N-dealkylation sites (tertiary alicyclic amines) is 1. The van der Waals surface area contributed by atoms with Crippen LogP contribution in [0.15, 0.2) is 22.4 Å². The Morgan fingerprint density at radius 1 is 1.25 bits per heavy atom. The fourth-order valence-electron chi connectivity index (χ4n) is 4.75. The molecule has 3 aromatic rings. The molecule has 0 aromatic carbocycles. The average Bonchev–Trinajstić information content (AvgIpc) is 3.34. The van der Waals surface area contributed by atoms with Crippen molar-refractivity contribution in [2.24, 2.45) is 11.8 Å². The van der Waals surface area contributed by atoms with E-state index in [4.69, 9.17) is 0 Å². The molecule has 3 aromatic heterocycles. The van der Waals surface area contributed by atoms with Gasteiger partial charge in [0.1, 0.15) is 4.70 Å². The van der Waals surface area contributed by atoms with Crippen LogP contribution in [-0.4, -0.2) is 43.6 Å². The SMILES string of the molecule is Cc1c(C(=O)N2CC[C@H]3CCCC[C@@H]3C2)cnn1-c1nc2ccsc2c(=O)[nH]1. The van der Waals surface area contributed by atoms with Gasteiger partial charge < -0.3 is 4.90 Å². The molecule has 8 heteroatoms. The number of amides is 1. The Bertz CT molecular complexity index is 1100. The summed E-state index contributed by atoms with van der Waals surface area (Å²) in [5.41, 5.74) is 1.75. The maximum Gasteiger partial charge on any atom is 0.270 e. The molecule has 0 spiro atoms. The van der Waals surface area contributed by atoms with Gasteiger partial charge in [-0.15, -0.1) is 11.3 Å². The topological polar surface area (TPSA) is 83.9 Å². The number of rotatable bonds is 2. The van der Waals surface area contributed by atoms with Gasteiger partial charge in [0.25, 0.3) is 11.5 Å². The van der Waals surface area contributed by atoms with Gasteiger partial charge in [0.15, 0.2) is 0 Å². The Hall–Kier alpha value is -2.48. The minimum Gasteiger partial charge on any atom is -0.338 e. The minimum atomic E-state index is -0.183. The summed E-state index contributed by atoms with van der Waals surface area (Å²) >= 11 is 1.36. The lowest BCUT2D eigenvalue weighted by atomic mass is 9.75. The predicted octanol–water partition coefficient (Wildman–Crippen LogP) is 3.13. The third-order valence-corrected chi connectivity index (χ3v) is 7.22. The van der Waals surface area contributed by atoms with Crippen molar-refractivity contribution in [2.45, 2.75) is 39.0 Å². The number of hydrogen-bond acceptors (Lipinski definition) is 5. The van der Waals surface area contributed by atoms with Crippen molar-refractivity contribution in [1.29, 1.82) is 0 Å². The number of carbonyl (C=O) groups is 1. The first-order valence-electron chi connectivity index (χ1n) is 9.93. The van der Waals surface area contributed by atoms with Crippen LogP contribution in [0, 0.1) is 18.8 Å². The standard InChI is InChI=1S/C20H23N5O2S/c1-12-15(19(27)24-8-6-13-4-2-3-5-14(13)11-24)10-21-25(12)20-22-16-7-9-28-17(16)18(26)23-20/h7,9-10,13-14H,2-6,8,11H2,1H3,(H,22,23,26)/t13-,14-/m1/s1. The Morgan fingerprint density at radius 3 is 2.93 bits per heavy atom. The van der Waals surface area contributed by atoms with Crippen molar-refractivity contribution in [3.8, 4) is 5.95 Å². The molecule has 0 bridgehead atoms. The number of piperidine rings is 1. The largest absolute Gasteiger partial charge is 0.338 e. The summed E-state index contributed by atoms with van der Waals surface area (Å²) in [6.45, 7) is 3.52. The van der Waals surface area contributed by atoms with Crippen molar-refractivity contribution in [3.05, 3.63) is 39.3 Å². The number of aromatic nitrogens is 4. The minimum absolute atomic E-state index is 0.0340. The first-order chi connectivity index (χ1) is 13.6. The van der Waals surface area contributed by atoms with E-state index < -0.39 is 0 Å². The van der Waals surface area contributed by atoms with Crippen LogP contribution in [-0.2, 0) is 0 Å². The fraction of sp³-hybridized carbons (Fsp3) is 0.500. The van der Waals surface area contributed by atoms with Crippen molar-refractivity contribution < 1.29 is 4.79 Å².